The molecule has 4 aromatic rings. The number of aromatic nitrogens is 3. The van der Waals surface area contributed by atoms with Gasteiger partial charge >= 0.3 is 0 Å². The molecule has 0 spiro atoms. The maximum atomic E-state index is 9.36. The third-order valence-corrected chi connectivity index (χ3v) is 5.82. The van der Waals surface area contributed by atoms with E-state index in [1.807, 2.05) is 60.7 Å². The van der Waals surface area contributed by atoms with Gasteiger partial charge in [-0.2, -0.15) is 5.26 Å². The van der Waals surface area contributed by atoms with Gasteiger partial charge in [-0.1, -0.05) is 59.8 Å². The third kappa shape index (κ3) is 4.04. The smallest absolute Gasteiger partial charge is 0.196 e. The van der Waals surface area contributed by atoms with Crippen LogP contribution in [0.3, 0.4) is 0 Å². The second-order valence-corrected chi connectivity index (χ2v) is 7.87. The Morgan fingerprint density at radius 2 is 1.69 bits per heavy atom. The van der Waals surface area contributed by atoms with Crippen LogP contribution in [-0.2, 0) is 5.75 Å². The van der Waals surface area contributed by atoms with Crippen LogP contribution in [0.15, 0.2) is 78.0 Å². The predicted molar refractivity (Wildman–Crippen MR) is 117 cm³/mol. The Balaban J connectivity index is 1.77. The molecule has 1 heterocycles. The first-order valence-electron chi connectivity index (χ1n) is 9.05. The fraction of sp³-hybridized carbons (Fsp3) is 0.0870. The molecule has 0 bridgehead atoms. The normalized spacial score (nSPS) is 10.7. The van der Waals surface area contributed by atoms with E-state index in [0.717, 1.165) is 33.4 Å². The average molecular weight is 417 g/mol. The van der Waals surface area contributed by atoms with Crippen LogP contribution in [-0.4, -0.2) is 14.8 Å². The Hall–Kier alpha value is -3.07. The molecule has 29 heavy (non-hydrogen) atoms. The lowest BCUT2D eigenvalue weighted by Gasteiger charge is -2.13. The Morgan fingerprint density at radius 3 is 2.45 bits per heavy atom. The maximum Gasteiger partial charge on any atom is 0.196 e. The fourth-order valence-corrected chi connectivity index (χ4v) is 4.15. The number of halogens is 1. The summed E-state index contributed by atoms with van der Waals surface area (Å²) in [6.45, 7) is 2.07. The zero-order valence-electron chi connectivity index (χ0n) is 15.7. The van der Waals surface area contributed by atoms with E-state index in [9.17, 15) is 5.26 Å². The zero-order valence-corrected chi connectivity index (χ0v) is 17.3. The molecule has 0 aliphatic heterocycles. The summed E-state index contributed by atoms with van der Waals surface area (Å²) in [4.78, 5) is 0. The van der Waals surface area contributed by atoms with Gasteiger partial charge < -0.3 is 0 Å². The van der Waals surface area contributed by atoms with Crippen molar-refractivity contribution in [2.75, 3.05) is 0 Å². The second-order valence-electron chi connectivity index (χ2n) is 6.49. The van der Waals surface area contributed by atoms with Crippen molar-refractivity contribution in [3.8, 4) is 23.1 Å². The van der Waals surface area contributed by atoms with Crippen molar-refractivity contribution in [2.24, 2.45) is 0 Å². The summed E-state index contributed by atoms with van der Waals surface area (Å²) < 4.78 is 2.07. The number of thioether (sulfide) groups is 1. The molecular weight excluding hydrogens is 400 g/mol. The first-order valence-corrected chi connectivity index (χ1v) is 10.4. The summed E-state index contributed by atoms with van der Waals surface area (Å²) in [5.41, 5.74) is 4.75. The number of hydrogen-bond acceptors (Lipinski definition) is 4. The van der Waals surface area contributed by atoms with E-state index in [4.69, 9.17) is 11.6 Å². The van der Waals surface area contributed by atoms with Gasteiger partial charge in [-0.3, -0.25) is 4.57 Å². The van der Waals surface area contributed by atoms with E-state index in [1.165, 1.54) is 0 Å². The van der Waals surface area contributed by atoms with Crippen molar-refractivity contribution in [1.29, 1.82) is 5.26 Å². The van der Waals surface area contributed by atoms with Gasteiger partial charge in [0.15, 0.2) is 11.0 Å². The standard InChI is InChI=1S/C23H17ClN4S/c1-16-6-2-5-9-21(16)28-22(17-10-12-20(24)13-11-17)26-27-23(28)29-15-19-8-4-3-7-18(19)14-25/h2-13H,15H2,1H3. The SMILES string of the molecule is Cc1ccccc1-n1c(SCc2ccccc2C#N)nnc1-c1ccc(Cl)cc1. The molecule has 0 amide bonds. The van der Waals surface area contributed by atoms with Crippen LogP contribution in [0, 0.1) is 18.3 Å². The molecule has 4 rings (SSSR count). The van der Waals surface area contributed by atoms with Crippen molar-refractivity contribution in [2.45, 2.75) is 17.8 Å². The molecule has 0 saturated carbocycles. The molecule has 0 aliphatic carbocycles. The van der Waals surface area contributed by atoms with Crippen LogP contribution in [0.4, 0.5) is 0 Å². The maximum absolute atomic E-state index is 9.36. The van der Waals surface area contributed by atoms with E-state index in [2.05, 4.69) is 39.9 Å². The molecule has 0 N–H and O–H groups in total. The van der Waals surface area contributed by atoms with Gasteiger partial charge in [0, 0.05) is 16.3 Å². The third-order valence-electron chi connectivity index (χ3n) is 4.59. The quantitative estimate of drug-likeness (QED) is 0.371. The molecule has 0 radical (unpaired) electrons. The van der Waals surface area contributed by atoms with Gasteiger partial charge in [-0.25, -0.2) is 0 Å². The molecule has 6 heteroatoms. The van der Waals surface area contributed by atoms with Crippen molar-refractivity contribution >= 4 is 23.4 Å². The van der Waals surface area contributed by atoms with Gasteiger partial charge in [-0.15, -0.1) is 10.2 Å². The van der Waals surface area contributed by atoms with Crippen molar-refractivity contribution in [1.82, 2.24) is 14.8 Å². The lowest BCUT2D eigenvalue weighted by Crippen LogP contribution is -2.02. The number of nitriles is 1. The van der Waals surface area contributed by atoms with E-state index < -0.39 is 0 Å². The zero-order chi connectivity index (χ0) is 20.2. The van der Waals surface area contributed by atoms with Crippen molar-refractivity contribution < 1.29 is 0 Å². The first-order chi connectivity index (χ1) is 14.2. The molecule has 0 fully saturated rings. The minimum Gasteiger partial charge on any atom is -0.270 e. The largest absolute Gasteiger partial charge is 0.270 e. The number of aryl methyl sites for hydroxylation is 1. The highest BCUT2D eigenvalue weighted by molar-refractivity contribution is 7.98. The van der Waals surface area contributed by atoms with E-state index in [-0.39, 0.29) is 0 Å². The number of nitrogens with zero attached hydrogens (tertiary/aromatic N) is 4. The summed E-state index contributed by atoms with van der Waals surface area (Å²) in [6.07, 6.45) is 0. The van der Waals surface area contributed by atoms with Crippen LogP contribution in [0.1, 0.15) is 16.7 Å². The van der Waals surface area contributed by atoms with Crippen LogP contribution in [0.2, 0.25) is 5.02 Å². The van der Waals surface area contributed by atoms with Gasteiger partial charge in [-0.05, 0) is 54.4 Å². The van der Waals surface area contributed by atoms with Crippen molar-refractivity contribution in [3.05, 3.63) is 94.5 Å². The molecule has 3 aromatic carbocycles. The average Bonchev–Trinajstić information content (AvgIpc) is 3.17. The molecule has 0 atom stereocenters. The molecular formula is C23H17ClN4S. The topological polar surface area (TPSA) is 54.5 Å². The van der Waals surface area contributed by atoms with Crippen molar-refractivity contribution in [3.63, 3.8) is 0 Å². The van der Waals surface area contributed by atoms with E-state index in [1.54, 1.807) is 11.8 Å². The summed E-state index contributed by atoms with van der Waals surface area (Å²) in [7, 11) is 0. The van der Waals surface area contributed by atoms with Crippen LogP contribution < -0.4 is 0 Å². The van der Waals surface area contributed by atoms with Crippen LogP contribution in [0.25, 0.3) is 17.1 Å². The molecule has 0 saturated heterocycles. The molecule has 1 aromatic heterocycles. The fourth-order valence-electron chi connectivity index (χ4n) is 3.08. The van der Waals surface area contributed by atoms with Gasteiger partial charge in [0.25, 0.3) is 0 Å². The number of benzene rings is 3. The minimum absolute atomic E-state index is 0.633. The Labute approximate surface area is 178 Å². The second kappa shape index (κ2) is 8.52. The highest BCUT2D eigenvalue weighted by Crippen LogP contribution is 2.31. The molecule has 142 valence electrons. The lowest BCUT2D eigenvalue weighted by atomic mass is 10.1. The first kappa shape index (κ1) is 19.3. The van der Waals surface area contributed by atoms with E-state index >= 15 is 0 Å². The summed E-state index contributed by atoms with van der Waals surface area (Å²) in [5.74, 6) is 1.39. The highest BCUT2D eigenvalue weighted by Gasteiger charge is 2.18. The van der Waals surface area contributed by atoms with Gasteiger partial charge in [0.2, 0.25) is 0 Å². The summed E-state index contributed by atoms with van der Waals surface area (Å²) >= 11 is 7.62. The summed E-state index contributed by atoms with van der Waals surface area (Å²) in [6, 6.07) is 25.6. The number of rotatable bonds is 5. The van der Waals surface area contributed by atoms with Gasteiger partial charge in [0.05, 0.1) is 17.3 Å². The highest BCUT2D eigenvalue weighted by atomic mass is 35.5. The molecule has 4 nitrogen and oxygen atoms in total. The Morgan fingerprint density at radius 1 is 0.966 bits per heavy atom. The molecule has 0 aliphatic rings. The van der Waals surface area contributed by atoms with Crippen LogP contribution in [0.5, 0.6) is 0 Å². The Kier molecular flexibility index (Phi) is 5.66. The van der Waals surface area contributed by atoms with Crippen LogP contribution >= 0.6 is 23.4 Å². The van der Waals surface area contributed by atoms with E-state index in [0.29, 0.717) is 16.3 Å². The number of para-hydroxylation sites is 1. The Bertz CT molecular complexity index is 1190. The monoisotopic (exact) mass is 416 g/mol. The lowest BCUT2D eigenvalue weighted by molar-refractivity contribution is 0.880. The molecule has 0 unspecified atom stereocenters. The summed E-state index contributed by atoms with van der Waals surface area (Å²) in [5, 5.41) is 19.7. The minimum atomic E-state index is 0.633. The number of hydrogen-bond donors (Lipinski definition) is 0. The van der Waals surface area contributed by atoms with Gasteiger partial charge in [0.1, 0.15) is 0 Å². The predicted octanol–water partition coefficient (Wildman–Crippen LogP) is 6.06.